The van der Waals surface area contributed by atoms with Crippen molar-refractivity contribution in [3.8, 4) is 0 Å². The highest BCUT2D eigenvalue weighted by Gasteiger charge is 2.25. The van der Waals surface area contributed by atoms with Gasteiger partial charge in [0.15, 0.2) is 5.96 Å². The molecule has 4 nitrogen and oxygen atoms in total. The Balaban J connectivity index is 1.81. The van der Waals surface area contributed by atoms with E-state index in [2.05, 4.69) is 29.7 Å². The van der Waals surface area contributed by atoms with Crippen LogP contribution in [0.3, 0.4) is 0 Å². The maximum absolute atomic E-state index is 12.1. The summed E-state index contributed by atoms with van der Waals surface area (Å²) >= 11 is 5.92. The summed E-state index contributed by atoms with van der Waals surface area (Å²) in [6.45, 7) is 5.73. The molecule has 1 saturated carbocycles. The molecule has 1 fully saturated rings. The number of hydrogen-bond donors (Lipinski definition) is 2. The topological polar surface area (TPSA) is 53.5 Å². The summed E-state index contributed by atoms with van der Waals surface area (Å²) in [5.74, 6) is 1.65. The van der Waals surface area contributed by atoms with Gasteiger partial charge >= 0.3 is 0 Å². The van der Waals surface area contributed by atoms with Gasteiger partial charge in [0, 0.05) is 46.0 Å². The van der Waals surface area contributed by atoms with Gasteiger partial charge < -0.3 is 10.6 Å². The second-order valence-electron chi connectivity index (χ2n) is 6.79. The van der Waals surface area contributed by atoms with Gasteiger partial charge in [-0.3, -0.25) is 9.20 Å². The first kappa shape index (κ1) is 21.2. The van der Waals surface area contributed by atoms with Gasteiger partial charge in [-0.15, -0.1) is 0 Å². The van der Waals surface area contributed by atoms with Crippen LogP contribution in [-0.4, -0.2) is 40.3 Å². The monoisotopic (exact) mass is 397 g/mol. The van der Waals surface area contributed by atoms with Crippen LogP contribution >= 0.6 is 11.6 Å². The van der Waals surface area contributed by atoms with Gasteiger partial charge in [-0.25, -0.2) is 0 Å². The van der Waals surface area contributed by atoms with E-state index in [1.807, 2.05) is 19.1 Å². The minimum atomic E-state index is -0.692. The van der Waals surface area contributed by atoms with Crippen molar-refractivity contribution in [3.05, 3.63) is 34.9 Å². The fraction of sp³-hybridized carbons (Fsp3) is 0.650. The van der Waals surface area contributed by atoms with Gasteiger partial charge in [0.1, 0.15) is 0 Å². The summed E-state index contributed by atoms with van der Waals surface area (Å²) in [7, 11) is -0.692. The number of rotatable bonds is 8. The largest absolute Gasteiger partial charge is 0.357 e. The van der Waals surface area contributed by atoms with Gasteiger partial charge in [-0.2, -0.15) is 0 Å². The van der Waals surface area contributed by atoms with Crippen molar-refractivity contribution in [1.82, 2.24) is 10.6 Å². The standard InChI is InChI=1S/C20H32ClN3OS/c1-3-22-20(23-14-6-7-16-10-12-17(21)13-11-16)24-18-8-5-9-19(15-18)26(25)4-2/h10-13,18-19H,3-9,14-15H2,1-2H3,(H2,22,23,24). The molecule has 0 saturated heterocycles. The fourth-order valence-corrected chi connectivity index (χ4v) is 4.86. The zero-order chi connectivity index (χ0) is 18.8. The summed E-state index contributed by atoms with van der Waals surface area (Å²) in [5, 5.41) is 8.01. The lowest BCUT2D eigenvalue weighted by atomic mass is 9.95. The Hall–Kier alpha value is -1.07. The first-order valence-electron chi connectivity index (χ1n) is 9.78. The van der Waals surface area contributed by atoms with Crippen LogP contribution in [0.25, 0.3) is 0 Å². The molecule has 3 atom stereocenters. The van der Waals surface area contributed by atoms with E-state index in [4.69, 9.17) is 16.6 Å². The van der Waals surface area contributed by atoms with Crippen molar-refractivity contribution in [1.29, 1.82) is 0 Å². The van der Waals surface area contributed by atoms with Crippen molar-refractivity contribution in [2.45, 2.75) is 63.7 Å². The number of aryl methyl sites for hydroxylation is 1. The third-order valence-electron chi connectivity index (χ3n) is 4.77. The Morgan fingerprint density at radius 1 is 1.27 bits per heavy atom. The number of aliphatic imine (C=N–C) groups is 1. The normalized spacial score (nSPS) is 22.0. The molecule has 146 valence electrons. The highest BCUT2D eigenvalue weighted by atomic mass is 35.5. The average Bonchev–Trinajstić information content (AvgIpc) is 2.66. The number of nitrogens with zero attached hydrogens (tertiary/aromatic N) is 1. The molecule has 0 amide bonds. The van der Waals surface area contributed by atoms with Gasteiger partial charge in [0.25, 0.3) is 0 Å². The molecule has 0 bridgehead atoms. The lowest BCUT2D eigenvalue weighted by molar-refractivity contribution is 0.413. The molecule has 1 aromatic rings. The van der Waals surface area contributed by atoms with E-state index in [1.165, 1.54) is 5.56 Å². The second-order valence-corrected chi connectivity index (χ2v) is 9.23. The highest BCUT2D eigenvalue weighted by Crippen LogP contribution is 2.23. The molecule has 0 radical (unpaired) electrons. The number of benzene rings is 1. The Labute approximate surface area is 165 Å². The van der Waals surface area contributed by atoms with Gasteiger partial charge in [-0.05, 0) is 56.7 Å². The van der Waals surface area contributed by atoms with Crippen molar-refractivity contribution >= 4 is 28.4 Å². The quantitative estimate of drug-likeness (QED) is 0.397. The molecule has 0 aromatic heterocycles. The van der Waals surface area contributed by atoms with E-state index in [9.17, 15) is 4.21 Å². The van der Waals surface area contributed by atoms with E-state index in [-0.39, 0.29) is 0 Å². The molecular weight excluding hydrogens is 366 g/mol. The van der Waals surface area contributed by atoms with Crippen LogP contribution in [0, 0.1) is 0 Å². The average molecular weight is 398 g/mol. The Morgan fingerprint density at radius 3 is 2.73 bits per heavy atom. The maximum Gasteiger partial charge on any atom is 0.191 e. The molecule has 1 aromatic carbocycles. The second kappa shape index (κ2) is 11.6. The molecule has 1 aliphatic rings. The van der Waals surface area contributed by atoms with Gasteiger partial charge in [0.05, 0.1) is 0 Å². The van der Waals surface area contributed by atoms with E-state index in [0.29, 0.717) is 11.3 Å². The van der Waals surface area contributed by atoms with Crippen molar-refractivity contribution in [2.24, 2.45) is 4.99 Å². The molecule has 0 heterocycles. The third kappa shape index (κ3) is 7.28. The number of halogens is 1. The van der Waals surface area contributed by atoms with Crippen LogP contribution in [0.2, 0.25) is 5.02 Å². The Morgan fingerprint density at radius 2 is 2.04 bits per heavy atom. The summed E-state index contributed by atoms with van der Waals surface area (Å²) in [6, 6.07) is 8.40. The van der Waals surface area contributed by atoms with E-state index in [0.717, 1.165) is 68.3 Å². The SMILES string of the molecule is CCNC(=NCCCc1ccc(Cl)cc1)NC1CCCC(S(=O)CC)C1. The lowest BCUT2D eigenvalue weighted by Gasteiger charge is -2.30. The first-order valence-corrected chi connectivity index (χ1v) is 11.5. The number of guanidine groups is 1. The smallest absolute Gasteiger partial charge is 0.191 e. The first-order chi connectivity index (χ1) is 12.6. The minimum absolute atomic E-state index is 0.332. The number of nitrogens with one attached hydrogen (secondary N) is 2. The van der Waals surface area contributed by atoms with Crippen molar-refractivity contribution < 1.29 is 4.21 Å². The van der Waals surface area contributed by atoms with E-state index >= 15 is 0 Å². The fourth-order valence-electron chi connectivity index (χ4n) is 3.39. The van der Waals surface area contributed by atoms with Gasteiger partial charge in [0.2, 0.25) is 0 Å². The zero-order valence-corrected chi connectivity index (χ0v) is 17.5. The van der Waals surface area contributed by atoms with Crippen LogP contribution in [0.1, 0.15) is 51.5 Å². The molecule has 0 aliphatic heterocycles. The minimum Gasteiger partial charge on any atom is -0.357 e. The van der Waals surface area contributed by atoms with E-state index in [1.54, 1.807) is 0 Å². The van der Waals surface area contributed by atoms with Gasteiger partial charge in [-0.1, -0.05) is 37.1 Å². The highest BCUT2D eigenvalue weighted by molar-refractivity contribution is 7.85. The van der Waals surface area contributed by atoms with E-state index < -0.39 is 10.8 Å². The zero-order valence-electron chi connectivity index (χ0n) is 16.0. The Kier molecular flexibility index (Phi) is 9.48. The molecule has 3 unspecified atom stereocenters. The molecule has 26 heavy (non-hydrogen) atoms. The summed E-state index contributed by atoms with van der Waals surface area (Å²) in [5.41, 5.74) is 1.29. The Bertz CT molecular complexity index is 591. The molecule has 6 heteroatoms. The molecule has 2 N–H and O–H groups in total. The predicted octanol–water partition coefficient (Wildman–Crippen LogP) is 3.91. The van der Waals surface area contributed by atoms with Crippen molar-refractivity contribution in [2.75, 3.05) is 18.8 Å². The molecule has 1 aliphatic carbocycles. The third-order valence-corrected chi connectivity index (χ3v) is 6.77. The molecule has 2 rings (SSSR count). The van der Waals surface area contributed by atoms with Crippen LogP contribution in [0.5, 0.6) is 0 Å². The van der Waals surface area contributed by atoms with Crippen LogP contribution < -0.4 is 10.6 Å². The molecule has 0 spiro atoms. The van der Waals surface area contributed by atoms with Crippen molar-refractivity contribution in [3.63, 3.8) is 0 Å². The summed E-state index contributed by atoms with van der Waals surface area (Å²) in [4.78, 5) is 4.72. The maximum atomic E-state index is 12.1. The molecular formula is C20H32ClN3OS. The van der Waals surface area contributed by atoms with Crippen LogP contribution in [0.15, 0.2) is 29.3 Å². The summed E-state index contributed by atoms with van der Waals surface area (Å²) < 4.78 is 12.1. The van der Waals surface area contributed by atoms with Crippen LogP contribution in [-0.2, 0) is 17.2 Å². The predicted molar refractivity (Wildman–Crippen MR) is 114 cm³/mol. The summed E-state index contributed by atoms with van der Waals surface area (Å²) in [6.07, 6.45) is 6.35. The van der Waals surface area contributed by atoms with Crippen LogP contribution in [0.4, 0.5) is 0 Å². The number of hydrogen-bond acceptors (Lipinski definition) is 2. The lowest BCUT2D eigenvalue weighted by Crippen LogP contribution is -2.46.